The molecule has 1 N–H and O–H groups in total. The second kappa shape index (κ2) is 7.81. The van der Waals surface area contributed by atoms with E-state index in [1.54, 1.807) is 6.07 Å². The molecule has 5 heteroatoms. The summed E-state index contributed by atoms with van der Waals surface area (Å²) in [5.74, 6) is 1.06. The number of hydrazone groups is 1. The molecule has 0 atom stereocenters. The van der Waals surface area contributed by atoms with Crippen LogP contribution in [0.3, 0.4) is 0 Å². The molecule has 1 amide bonds. The van der Waals surface area contributed by atoms with E-state index in [-0.39, 0.29) is 12.3 Å². The smallest absolute Gasteiger partial charge is 0.244 e. The van der Waals surface area contributed by atoms with Crippen molar-refractivity contribution in [3.05, 3.63) is 82.6 Å². The summed E-state index contributed by atoms with van der Waals surface area (Å²) in [6, 6.07) is 18.9. The summed E-state index contributed by atoms with van der Waals surface area (Å²) in [6.45, 7) is 1.95. The van der Waals surface area contributed by atoms with E-state index in [1.165, 1.54) is 6.21 Å². The number of hydrogen-bond donors (Lipinski definition) is 1. The van der Waals surface area contributed by atoms with Crippen molar-refractivity contribution in [1.29, 1.82) is 0 Å². The Bertz CT molecular complexity index is 901. The summed E-state index contributed by atoms with van der Waals surface area (Å²) in [5, 5.41) is 4.62. The van der Waals surface area contributed by atoms with Crippen LogP contribution in [-0.4, -0.2) is 12.1 Å². The molecular weight excluding hydrogens is 336 g/mol. The Morgan fingerprint density at radius 1 is 1.16 bits per heavy atom. The fourth-order valence-electron chi connectivity index (χ4n) is 2.31. The van der Waals surface area contributed by atoms with Crippen LogP contribution in [0.2, 0.25) is 5.02 Å². The predicted molar refractivity (Wildman–Crippen MR) is 99.8 cm³/mol. The fourth-order valence-corrected chi connectivity index (χ4v) is 2.49. The number of amides is 1. The Hall–Kier alpha value is -2.85. The minimum absolute atomic E-state index is 0.181. The molecule has 25 heavy (non-hydrogen) atoms. The van der Waals surface area contributed by atoms with Gasteiger partial charge in [0.25, 0.3) is 0 Å². The highest BCUT2D eigenvalue weighted by atomic mass is 35.5. The molecule has 0 saturated carbocycles. The average molecular weight is 353 g/mol. The highest BCUT2D eigenvalue weighted by Crippen LogP contribution is 2.26. The van der Waals surface area contributed by atoms with Crippen molar-refractivity contribution in [1.82, 2.24) is 5.43 Å². The summed E-state index contributed by atoms with van der Waals surface area (Å²) in [5.41, 5.74) is 5.34. The van der Waals surface area contributed by atoms with E-state index in [4.69, 9.17) is 16.0 Å². The summed E-state index contributed by atoms with van der Waals surface area (Å²) in [7, 11) is 0. The molecule has 3 rings (SSSR count). The van der Waals surface area contributed by atoms with Crippen LogP contribution >= 0.6 is 11.6 Å². The molecule has 0 unspecified atom stereocenters. The number of benzene rings is 2. The van der Waals surface area contributed by atoms with Gasteiger partial charge >= 0.3 is 0 Å². The molecule has 0 fully saturated rings. The summed E-state index contributed by atoms with van der Waals surface area (Å²) in [6.07, 6.45) is 1.76. The van der Waals surface area contributed by atoms with Crippen molar-refractivity contribution in [3.8, 4) is 11.3 Å². The lowest BCUT2D eigenvalue weighted by Gasteiger charge is -2.01. The Morgan fingerprint density at radius 3 is 2.72 bits per heavy atom. The molecule has 3 aromatic rings. The topological polar surface area (TPSA) is 54.6 Å². The number of aryl methyl sites for hydroxylation is 1. The summed E-state index contributed by atoms with van der Waals surface area (Å²) >= 11 is 6.14. The highest BCUT2D eigenvalue weighted by Gasteiger charge is 2.06. The van der Waals surface area contributed by atoms with Crippen molar-refractivity contribution >= 4 is 23.7 Å². The van der Waals surface area contributed by atoms with Crippen LogP contribution in [0.4, 0.5) is 0 Å². The number of hydrogen-bond acceptors (Lipinski definition) is 3. The largest absolute Gasteiger partial charge is 0.455 e. The van der Waals surface area contributed by atoms with E-state index in [1.807, 2.05) is 61.5 Å². The maximum absolute atomic E-state index is 11.8. The van der Waals surface area contributed by atoms with E-state index >= 15 is 0 Å². The van der Waals surface area contributed by atoms with Gasteiger partial charge in [-0.05, 0) is 36.2 Å². The van der Waals surface area contributed by atoms with Gasteiger partial charge in [0.1, 0.15) is 11.5 Å². The van der Waals surface area contributed by atoms with Gasteiger partial charge in [-0.3, -0.25) is 4.79 Å². The zero-order valence-corrected chi connectivity index (χ0v) is 14.5. The summed E-state index contributed by atoms with van der Waals surface area (Å²) < 4.78 is 5.71. The van der Waals surface area contributed by atoms with Crippen molar-refractivity contribution in [3.63, 3.8) is 0 Å². The number of nitrogens with one attached hydrogen (secondary N) is 1. The first-order valence-electron chi connectivity index (χ1n) is 7.84. The lowest BCUT2D eigenvalue weighted by Crippen LogP contribution is -2.19. The Labute approximate surface area is 151 Å². The molecule has 0 aliphatic rings. The number of nitrogens with zero attached hydrogens (tertiary/aromatic N) is 1. The van der Waals surface area contributed by atoms with Crippen LogP contribution in [0.25, 0.3) is 11.3 Å². The number of carbonyl (C=O) groups is 1. The monoisotopic (exact) mass is 352 g/mol. The van der Waals surface area contributed by atoms with Crippen molar-refractivity contribution in [2.45, 2.75) is 13.3 Å². The maximum Gasteiger partial charge on any atom is 0.244 e. The van der Waals surface area contributed by atoms with Crippen LogP contribution in [0.5, 0.6) is 0 Å². The molecule has 1 heterocycles. The SMILES string of the molecule is Cc1ccc(-c2ccc(/C=N\NC(=O)Cc3ccccc3)o2)cc1Cl. The van der Waals surface area contributed by atoms with Crippen LogP contribution in [-0.2, 0) is 11.2 Å². The molecule has 0 saturated heterocycles. The number of furan rings is 1. The van der Waals surface area contributed by atoms with Gasteiger partial charge in [-0.2, -0.15) is 5.10 Å². The first-order chi connectivity index (χ1) is 12.1. The van der Waals surface area contributed by atoms with E-state index in [2.05, 4.69) is 10.5 Å². The number of halogens is 1. The van der Waals surface area contributed by atoms with Crippen molar-refractivity contribution in [2.75, 3.05) is 0 Å². The van der Waals surface area contributed by atoms with Gasteiger partial charge < -0.3 is 4.42 Å². The molecule has 2 aromatic carbocycles. The second-order valence-electron chi connectivity index (χ2n) is 5.62. The van der Waals surface area contributed by atoms with Gasteiger partial charge in [0.15, 0.2) is 0 Å². The van der Waals surface area contributed by atoms with E-state index in [0.29, 0.717) is 16.5 Å². The lowest BCUT2D eigenvalue weighted by atomic mass is 10.1. The zero-order chi connectivity index (χ0) is 17.6. The van der Waals surface area contributed by atoms with Gasteiger partial charge in [-0.25, -0.2) is 5.43 Å². The Balaban J connectivity index is 1.60. The maximum atomic E-state index is 11.8. The first kappa shape index (κ1) is 17.0. The van der Waals surface area contributed by atoms with Crippen LogP contribution in [0.1, 0.15) is 16.9 Å². The highest BCUT2D eigenvalue weighted by molar-refractivity contribution is 6.31. The lowest BCUT2D eigenvalue weighted by molar-refractivity contribution is -0.120. The number of rotatable bonds is 5. The number of carbonyl (C=O) groups excluding carboxylic acids is 1. The minimum atomic E-state index is -0.181. The van der Waals surface area contributed by atoms with E-state index in [0.717, 1.165) is 16.7 Å². The van der Waals surface area contributed by atoms with Gasteiger partial charge in [0.2, 0.25) is 5.91 Å². The molecule has 0 bridgehead atoms. The Kier molecular flexibility index (Phi) is 5.31. The zero-order valence-electron chi connectivity index (χ0n) is 13.7. The van der Waals surface area contributed by atoms with Crippen molar-refractivity contribution < 1.29 is 9.21 Å². The molecule has 1 aromatic heterocycles. The molecular formula is C20H17ClN2O2. The molecule has 0 radical (unpaired) electrons. The minimum Gasteiger partial charge on any atom is -0.455 e. The molecule has 4 nitrogen and oxygen atoms in total. The Morgan fingerprint density at radius 2 is 1.96 bits per heavy atom. The average Bonchev–Trinajstić information content (AvgIpc) is 3.07. The molecule has 0 aliphatic heterocycles. The normalized spacial score (nSPS) is 11.0. The van der Waals surface area contributed by atoms with E-state index in [9.17, 15) is 4.79 Å². The fraction of sp³-hybridized carbons (Fsp3) is 0.100. The van der Waals surface area contributed by atoms with Gasteiger partial charge in [0.05, 0.1) is 12.6 Å². The van der Waals surface area contributed by atoms with Crippen LogP contribution < -0.4 is 5.43 Å². The van der Waals surface area contributed by atoms with Crippen LogP contribution in [0.15, 0.2) is 70.2 Å². The third-order valence-corrected chi connectivity index (χ3v) is 4.08. The molecule has 126 valence electrons. The van der Waals surface area contributed by atoms with Gasteiger partial charge in [0, 0.05) is 10.6 Å². The van der Waals surface area contributed by atoms with Gasteiger partial charge in [-0.1, -0.05) is 54.1 Å². The third kappa shape index (κ3) is 4.58. The first-order valence-corrected chi connectivity index (χ1v) is 8.22. The standard InChI is InChI=1S/C20H17ClN2O2/c1-14-7-8-16(12-18(14)21)19-10-9-17(25-19)13-22-23-20(24)11-15-5-3-2-4-6-15/h2-10,12-13H,11H2,1H3,(H,23,24)/b22-13-. The van der Waals surface area contributed by atoms with Crippen molar-refractivity contribution in [2.24, 2.45) is 5.10 Å². The van der Waals surface area contributed by atoms with Gasteiger partial charge in [-0.15, -0.1) is 0 Å². The summed E-state index contributed by atoms with van der Waals surface area (Å²) in [4.78, 5) is 11.8. The van der Waals surface area contributed by atoms with E-state index < -0.39 is 0 Å². The quantitative estimate of drug-likeness (QED) is 0.539. The molecule has 0 aliphatic carbocycles. The predicted octanol–water partition coefficient (Wildman–Crippen LogP) is 4.60. The molecule has 0 spiro atoms. The second-order valence-corrected chi connectivity index (χ2v) is 6.03. The van der Waals surface area contributed by atoms with Crippen LogP contribution in [0, 0.1) is 6.92 Å². The third-order valence-electron chi connectivity index (χ3n) is 3.67.